The van der Waals surface area contributed by atoms with Crippen LogP contribution in [0.2, 0.25) is 0 Å². The molecule has 0 fully saturated rings. The van der Waals surface area contributed by atoms with Gasteiger partial charge in [-0.2, -0.15) is 18.3 Å². The van der Waals surface area contributed by atoms with Gasteiger partial charge in [-0.25, -0.2) is 4.68 Å². The number of rotatable bonds is 6. The fraction of sp³-hybridized carbons (Fsp3) is 0.241. The molecule has 42 heavy (non-hydrogen) atoms. The van der Waals surface area contributed by atoms with Crippen LogP contribution < -0.4 is 15.4 Å². The van der Waals surface area contributed by atoms with Gasteiger partial charge in [-0.3, -0.25) is 14.9 Å². The largest absolute Gasteiger partial charge is 0.457 e. The highest BCUT2D eigenvalue weighted by molar-refractivity contribution is 9.10. The predicted molar refractivity (Wildman–Crippen MR) is 152 cm³/mol. The van der Waals surface area contributed by atoms with Crippen molar-refractivity contribution >= 4 is 39.0 Å². The molecule has 2 aliphatic rings. The average molecular weight is 642 g/mol. The number of aryl methyl sites for hydroxylation is 2. The topological polar surface area (TPSA) is 111 Å². The molecule has 6 rings (SSSR count). The van der Waals surface area contributed by atoms with Gasteiger partial charge in [0, 0.05) is 29.1 Å². The number of halogens is 4. The van der Waals surface area contributed by atoms with E-state index in [2.05, 4.69) is 31.7 Å². The quantitative estimate of drug-likeness (QED) is 0.164. The minimum atomic E-state index is -4.62. The van der Waals surface area contributed by atoms with E-state index >= 15 is 0 Å². The van der Waals surface area contributed by atoms with Gasteiger partial charge < -0.3 is 15.4 Å². The number of alkyl halides is 3. The first-order valence-corrected chi connectivity index (χ1v) is 13.9. The minimum Gasteiger partial charge on any atom is -0.457 e. The third kappa shape index (κ3) is 5.69. The van der Waals surface area contributed by atoms with Gasteiger partial charge >= 0.3 is 6.18 Å². The van der Waals surface area contributed by atoms with Gasteiger partial charge in [0.1, 0.15) is 17.3 Å². The molecule has 0 radical (unpaired) electrons. The second-order valence-electron chi connectivity index (χ2n) is 10.2. The van der Waals surface area contributed by atoms with E-state index < -0.39 is 29.1 Å². The van der Waals surface area contributed by atoms with Crippen molar-refractivity contribution in [3.05, 3.63) is 104 Å². The Hall–Kier alpha value is -4.39. The molecule has 0 bridgehead atoms. The van der Waals surface area contributed by atoms with Gasteiger partial charge in [-0.05, 0) is 60.2 Å². The van der Waals surface area contributed by atoms with E-state index in [1.165, 1.54) is 23.8 Å². The molecule has 2 N–H and O–H groups in total. The van der Waals surface area contributed by atoms with Crippen LogP contribution in [0.15, 0.2) is 71.2 Å². The summed E-state index contributed by atoms with van der Waals surface area (Å²) < 4.78 is 49.7. The third-order valence-electron chi connectivity index (χ3n) is 7.36. The van der Waals surface area contributed by atoms with E-state index in [1.54, 1.807) is 30.3 Å². The molecule has 2 atom stereocenters. The van der Waals surface area contributed by atoms with Crippen molar-refractivity contribution in [1.82, 2.24) is 9.78 Å². The molecule has 0 spiro atoms. The summed E-state index contributed by atoms with van der Waals surface area (Å²) in [7, 11) is 0. The average Bonchev–Trinajstić information content (AvgIpc) is 3.59. The zero-order valence-electron chi connectivity index (χ0n) is 21.8. The Morgan fingerprint density at radius 1 is 1.05 bits per heavy atom. The highest BCUT2D eigenvalue weighted by atomic mass is 79.9. The first-order valence-electron chi connectivity index (χ1n) is 13.1. The minimum absolute atomic E-state index is 0.0290. The molecule has 1 aliphatic heterocycles. The summed E-state index contributed by atoms with van der Waals surface area (Å²) in [6, 6.07) is 14.9. The van der Waals surface area contributed by atoms with Crippen LogP contribution in [-0.2, 0) is 12.8 Å². The highest BCUT2D eigenvalue weighted by Gasteiger charge is 2.46. The van der Waals surface area contributed by atoms with Crippen LogP contribution in [0.1, 0.15) is 52.1 Å². The molecule has 216 valence electrons. The van der Waals surface area contributed by atoms with E-state index in [1.807, 2.05) is 12.1 Å². The number of aromatic nitrogens is 2. The summed E-state index contributed by atoms with van der Waals surface area (Å²) in [5.41, 5.74) is 2.47. The predicted octanol–water partition coefficient (Wildman–Crippen LogP) is 7.75. The van der Waals surface area contributed by atoms with E-state index in [0.717, 1.165) is 40.0 Å². The highest BCUT2D eigenvalue weighted by Crippen LogP contribution is 2.44. The number of nitrogens with zero attached hydrogens (tertiary/aromatic N) is 3. The maximum atomic E-state index is 14.1. The molecule has 13 heteroatoms. The summed E-state index contributed by atoms with van der Waals surface area (Å²) in [5.74, 6) is -0.178. The van der Waals surface area contributed by atoms with E-state index in [4.69, 9.17) is 4.74 Å². The lowest BCUT2D eigenvalue weighted by Crippen LogP contribution is -2.35. The van der Waals surface area contributed by atoms with E-state index in [9.17, 15) is 28.1 Å². The molecule has 3 aromatic carbocycles. The number of carbonyl (C=O) groups excluding carboxylic acids is 1. The number of ether oxygens (including phenoxy) is 1. The summed E-state index contributed by atoms with van der Waals surface area (Å²) >= 11 is 3.32. The Morgan fingerprint density at radius 3 is 2.55 bits per heavy atom. The Morgan fingerprint density at radius 2 is 1.81 bits per heavy atom. The van der Waals surface area contributed by atoms with Gasteiger partial charge in [0.2, 0.25) is 0 Å². The third-order valence-corrected chi connectivity index (χ3v) is 7.89. The summed E-state index contributed by atoms with van der Waals surface area (Å²) in [6.45, 7) is 0. The number of nitrogens with one attached hydrogen (secondary N) is 2. The van der Waals surface area contributed by atoms with Crippen LogP contribution in [0.25, 0.3) is 0 Å². The number of amides is 1. The van der Waals surface area contributed by atoms with Crippen molar-refractivity contribution in [3.63, 3.8) is 0 Å². The second kappa shape index (κ2) is 10.8. The Balaban J connectivity index is 1.26. The number of hydrogen-bond donors (Lipinski definition) is 2. The fourth-order valence-electron chi connectivity index (χ4n) is 5.36. The van der Waals surface area contributed by atoms with Crippen molar-refractivity contribution in [2.24, 2.45) is 0 Å². The lowest BCUT2D eigenvalue weighted by atomic mass is 9.97. The Bertz CT molecular complexity index is 1690. The summed E-state index contributed by atoms with van der Waals surface area (Å²) in [5, 5.41) is 21.1. The molecule has 0 saturated carbocycles. The molecule has 2 heterocycles. The molecule has 1 aromatic heterocycles. The molecule has 1 aliphatic carbocycles. The lowest BCUT2D eigenvalue weighted by molar-refractivity contribution is -0.384. The maximum Gasteiger partial charge on any atom is 0.410 e. The zero-order valence-corrected chi connectivity index (χ0v) is 23.4. The number of fused-ring (bicyclic) bond motifs is 2. The first kappa shape index (κ1) is 27.8. The first-order chi connectivity index (χ1) is 20.0. The normalized spacial score (nSPS) is 17.6. The van der Waals surface area contributed by atoms with Crippen LogP contribution in [0.5, 0.6) is 11.5 Å². The number of carbonyl (C=O) groups is 1. The van der Waals surface area contributed by atoms with Crippen LogP contribution >= 0.6 is 15.9 Å². The summed E-state index contributed by atoms with van der Waals surface area (Å²) in [6.07, 6.45) is -1.98. The van der Waals surface area contributed by atoms with Crippen molar-refractivity contribution in [2.75, 3.05) is 10.6 Å². The maximum absolute atomic E-state index is 14.1. The Labute approximate surface area is 246 Å². The van der Waals surface area contributed by atoms with Gasteiger partial charge in [-0.15, -0.1) is 0 Å². The second-order valence-corrected chi connectivity index (χ2v) is 11.1. The monoisotopic (exact) mass is 641 g/mol. The van der Waals surface area contributed by atoms with E-state index in [0.29, 0.717) is 11.3 Å². The van der Waals surface area contributed by atoms with Gasteiger partial charge in [0.05, 0.1) is 22.7 Å². The van der Waals surface area contributed by atoms with Gasteiger partial charge in [-0.1, -0.05) is 34.1 Å². The molecule has 0 saturated heterocycles. The molecular weight excluding hydrogens is 619 g/mol. The van der Waals surface area contributed by atoms with Crippen molar-refractivity contribution in [2.45, 2.75) is 43.9 Å². The van der Waals surface area contributed by atoms with Crippen molar-refractivity contribution < 1.29 is 27.6 Å². The number of anilines is 2. The molecule has 9 nitrogen and oxygen atoms in total. The molecule has 0 unspecified atom stereocenters. The Kier molecular flexibility index (Phi) is 7.13. The van der Waals surface area contributed by atoms with Crippen LogP contribution in [0, 0.1) is 10.1 Å². The smallest absolute Gasteiger partial charge is 0.410 e. The molecular formula is C29H23BrF3N5O4. The van der Waals surface area contributed by atoms with Crippen molar-refractivity contribution in [1.29, 1.82) is 0 Å². The van der Waals surface area contributed by atoms with Crippen LogP contribution in [0.4, 0.5) is 30.4 Å². The zero-order chi connectivity index (χ0) is 29.6. The standard InChI is InChI=1S/C29H23BrF3N5O4/c30-19-7-4-17(5-8-19)24-14-26(29(31,32)33)37-27(35-24)15-25(36-37)28(39)34-20-11-21(38(40)41)13-23(12-20)42-22-9-6-16-2-1-3-18(16)10-22/h4-13,15,24,26,35H,1-3,14H2,(H,34,39)/t24-,26+/m0/s1. The van der Waals surface area contributed by atoms with Crippen LogP contribution in [0.3, 0.4) is 0 Å². The van der Waals surface area contributed by atoms with Gasteiger partial charge in [0.25, 0.3) is 11.6 Å². The number of nitro benzene ring substituents is 1. The van der Waals surface area contributed by atoms with Crippen molar-refractivity contribution in [3.8, 4) is 11.5 Å². The molecule has 1 amide bonds. The van der Waals surface area contributed by atoms with Gasteiger partial charge in [0.15, 0.2) is 11.7 Å². The summed E-state index contributed by atoms with van der Waals surface area (Å²) in [4.78, 5) is 24.1. The number of non-ortho nitro benzene ring substituents is 1. The number of nitro groups is 1. The molecule has 4 aromatic rings. The SMILES string of the molecule is O=C(Nc1cc(Oc2ccc3c(c2)CCC3)cc([N+](=O)[O-])c1)c1cc2n(n1)[C@@H](C(F)(F)F)C[C@@H](c1ccc(Br)cc1)N2. The number of hydrogen-bond acceptors (Lipinski definition) is 6. The van der Waals surface area contributed by atoms with E-state index in [-0.39, 0.29) is 35.1 Å². The fourth-order valence-corrected chi connectivity index (χ4v) is 5.63. The number of benzene rings is 3. The lowest BCUT2D eigenvalue weighted by Gasteiger charge is -2.33. The van der Waals surface area contributed by atoms with Crippen LogP contribution in [-0.4, -0.2) is 26.8 Å².